The van der Waals surface area contributed by atoms with Crippen LogP contribution in [0.2, 0.25) is 0 Å². The molecule has 0 N–H and O–H groups in total. The Morgan fingerprint density at radius 1 is 1.06 bits per heavy atom. The lowest BCUT2D eigenvalue weighted by Crippen LogP contribution is -1.92. The fourth-order valence-electron chi connectivity index (χ4n) is 2.08. The second kappa shape index (κ2) is 7.89. The summed E-state index contributed by atoms with van der Waals surface area (Å²) in [6, 6.07) is 10.8. The van der Waals surface area contributed by atoms with E-state index in [1.165, 1.54) is 30.4 Å². The average Bonchev–Trinajstić information content (AvgIpc) is 2.59. The summed E-state index contributed by atoms with van der Waals surface area (Å²) >= 11 is 0. The van der Waals surface area contributed by atoms with Gasteiger partial charge in [-0.2, -0.15) is 0 Å². The van der Waals surface area contributed by atoms with E-state index in [1.54, 1.807) is 5.57 Å². The molecule has 0 heterocycles. The Balaban J connectivity index is 0.000000686. The summed E-state index contributed by atoms with van der Waals surface area (Å²) in [5, 5.41) is 0. The maximum Gasteiger partial charge on any atom is -0.00614 e. The van der Waals surface area contributed by atoms with Crippen molar-refractivity contribution in [1.82, 2.24) is 0 Å². The molecular formula is C17H24. The predicted molar refractivity (Wildman–Crippen MR) is 77.2 cm³/mol. The van der Waals surface area contributed by atoms with E-state index in [0.29, 0.717) is 0 Å². The summed E-state index contributed by atoms with van der Waals surface area (Å²) in [5.41, 5.74) is 4.51. The van der Waals surface area contributed by atoms with Gasteiger partial charge >= 0.3 is 0 Å². The first kappa shape index (κ1) is 13.8. The van der Waals surface area contributed by atoms with Crippen molar-refractivity contribution in [3.8, 4) is 0 Å². The van der Waals surface area contributed by atoms with Crippen molar-refractivity contribution in [3.63, 3.8) is 0 Å². The third-order valence-electron chi connectivity index (χ3n) is 3.04. The number of hydrogen-bond donors (Lipinski definition) is 0. The SMILES string of the molecule is CC.CC1=C(Cc2ccccc2)CCCC=C1. The van der Waals surface area contributed by atoms with Crippen LogP contribution in [0.3, 0.4) is 0 Å². The molecule has 0 atom stereocenters. The lowest BCUT2D eigenvalue weighted by molar-refractivity contribution is 0.815. The second-order valence-corrected chi connectivity index (χ2v) is 4.24. The van der Waals surface area contributed by atoms with E-state index in [-0.39, 0.29) is 0 Å². The smallest absolute Gasteiger partial charge is 0.00614 e. The Morgan fingerprint density at radius 2 is 1.76 bits per heavy atom. The minimum atomic E-state index is 1.12. The molecule has 0 saturated carbocycles. The van der Waals surface area contributed by atoms with Crippen molar-refractivity contribution in [2.24, 2.45) is 0 Å². The van der Waals surface area contributed by atoms with Gasteiger partial charge < -0.3 is 0 Å². The Bertz CT molecular complexity index is 368. The number of hydrogen-bond acceptors (Lipinski definition) is 0. The quantitative estimate of drug-likeness (QED) is 0.643. The van der Waals surface area contributed by atoms with Crippen molar-refractivity contribution in [2.45, 2.75) is 46.5 Å². The van der Waals surface area contributed by atoms with Crippen molar-refractivity contribution >= 4 is 0 Å². The molecule has 0 aliphatic heterocycles. The van der Waals surface area contributed by atoms with Crippen LogP contribution in [0.4, 0.5) is 0 Å². The summed E-state index contributed by atoms with van der Waals surface area (Å²) < 4.78 is 0. The van der Waals surface area contributed by atoms with Crippen LogP contribution in [0.1, 0.15) is 45.6 Å². The highest BCUT2D eigenvalue weighted by molar-refractivity contribution is 5.30. The minimum Gasteiger partial charge on any atom is -0.0843 e. The molecule has 0 saturated heterocycles. The Kier molecular flexibility index (Phi) is 6.39. The Hall–Kier alpha value is -1.30. The van der Waals surface area contributed by atoms with E-state index in [9.17, 15) is 0 Å². The first-order valence-electron chi connectivity index (χ1n) is 6.75. The maximum atomic E-state index is 2.30. The summed E-state index contributed by atoms with van der Waals surface area (Å²) in [4.78, 5) is 0. The standard InChI is InChI=1S/C15H18.C2H6/c1-13-8-4-2-7-11-15(13)12-14-9-5-3-6-10-14;1-2/h3-6,8-10H,2,7,11-12H2,1H3;1-2H3. The normalized spacial score (nSPS) is 15.0. The molecular weight excluding hydrogens is 204 g/mol. The summed E-state index contributed by atoms with van der Waals surface area (Å²) in [7, 11) is 0. The number of benzene rings is 1. The van der Waals surface area contributed by atoms with Crippen LogP contribution >= 0.6 is 0 Å². The lowest BCUT2D eigenvalue weighted by atomic mass is 9.98. The molecule has 0 amide bonds. The van der Waals surface area contributed by atoms with E-state index in [4.69, 9.17) is 0 Å². The third-order valence-corrected chi connectivity index (χ3v) is 3.04. The van der Waals surface area contributed by atoms with Crippen LogP contribution in [0.15, 0.2) is 53.6 Å². The first-order chi connectivity index (χ1) is 8.36. The van der Waals surface area contributed by atoms with Gasteiger partial charge in [-0.25, -0.2) is 0 Å². The van der Waals surface area contributed by atoms with Gasteiger partial charge in [0.05, 0.1) is 0 Å². The Labute approximate surface area is 106 Å². The van der Waals surface area contributed by atoms with E-state index >= 15 is 0 Å². The molecule has 1 aromatic carbocycles. The monoisotopic (exact) mass is 228 g/mol. The molecule has 1 aromatic rings. The predicted octanol–water partition coefficient (Wildman–Crippen LogP) is 5.31. The van der Waals surface area contributed by atoms with Crippen molar-refractivity contribution in [1.29, 1.82) is 0 Å². The highest BCUT2D eigenvalue weighted by Crippen LogP contribution is 2.22. The first-order valence-corrected chi connectivity index (χ1v) is 6.75. The van der Waals surface area contributed by atoms with Gasteiger partial charge in [0.25, 0.3) is 0 Å². The zero-order valence-electron chi connectivity index (χ0n) is 11.4. The van der Waals surface area contributed by atoms with Gasteiger partial charge in [-0.15, -0.1) is 0 Å². The molecule has 92 valence electrons. The summed E-state index contributed by atoms with van der Waals surface area (Å²) in [6.07, 6.45) is 9.50. The molecule has 0 nitrogen and oxygen atoms in total. The van der Waals surface area contributed by atoms with Crippen molar-refractivity contribution in [2.75, 3.05) is 0 Å². The summed E-state index contributed by atoms with van der Waals surface area (Å²) in [6.45, 7) is 6.24. The lowest BCUT2D eigenvalue weighted by Gasteiger charge is -2.08. The molecule has 0 heteroatoms. The second-order valence-electron chi connectivity index (χ2n) is 4.24. The minimum absolute atomic E-state index is 1.12. The van der Waals surface area contributed by atoms with Crippen LogP contribution in [-0.4, -0.2) is 0 Å². The van der Waals surface area contributed by atoms with Crippen molar-refractivity contribution < 1.29 is 0 Å². The summed E-state index contributed by atoms with van der Waals surface area (Å²) in [5.74, 6) is 0. The fraction of sp³-hybridized carbons (Fsp3) is 0.412. The van der Waals surface area contributed by atoms with Crippen LogP contribution < -0.4 is 0 Å². The average molecular weight is 228 g/mol. The van der Waals surface area contributed by atoms with Gasteiger partial charge in [0.1, 0.15) is 0 Å². The zero-order valence-corrected chi connectivity index (χ0v) is 11.4. The molecule has 1 aliphatic carbocycles. The molecule has 0 bridgehead atoms. The molecule has 1 aliphatic rings. The number of rotatable bonds is 2. The molecule has 17 heavy (non-hydrogen) atoms. The van der Waals surface area contributed by atoms with Gasteiger partial charge in [-0.05, 0) is 38.2 Å². The third kappa shape index (κ3) is 4.60. The van der Waals surface area contributed by atoms with Gasteiger partial charge in [0.15, 0.2) is 0 Å². The Morgan fingerprint density at radius 3 is 2.47 bits per heavy atom. The van der Waals surface area contributed by atoms with Crippen LogP contribution in [-0.2, 0) is 6.42 Å². The molecule has 0 radical (unpaired) electrons. The van der Waals surface area contributed by atoms with Crippen LogP contribution in [0.5, 0.6) is 0 Å². The highest BCUT2D eigenvalue weighted by Gasteiger charge is 2.04. The van der Waals surface area contributed by atoms with E-state index < -0.39 is 0 Å². The van der Waals surface area contributed by atoms with E-state index in [2.05, 4.69) is 49.4 Å². The van der Waals surface area contributed by atoms with Crippen LogP contribution in [0, 0.1) is 0 Å². The van der Waals surface area contributed by atoms with E-state index in [1.807, 2.05) is 13.8 Å². The topological polar surface area (TPSA) is 0 Å². The largest absolute Gasteiger partial charge is 0.0843 e. The number of allylic oxidation sites excluding steroid dienone is 4. The molecule has 0 fully saturated rings. The highest BCUT2D eigenvalue weighted by atomic mass is 14.1. The van der Waals surface area contributed by atoms with Gasteiger partial charge in [0.2, 0.25) is 0 Å². The van der Waals surface area contributed by atoms with E-state index in [0.717, 1.165) is 6.42 Å². The van der Waals surface area contributed by atoms with Crippen molar-refractivity contribution in [3.05, 3.63) is 59.2 Å². The van der Waals surface area contributed by atoms with Gasteiger partial charge in [-0.1, -0.05) is 67.5 Å². The maximum absolute atomic E-state index is 2.30. The fourth-order valence-corrected chi connectivity index (χ4v) is 2.08. The zero-order chi connectivity index (χ0) is 12.5. The molecule has 2 rings (SSSR count). The molecule has 0 spiro atoms. The van der Waals surface area contributed by atoms with Crippen LogP contribution in [0.25, 0.3) is 0 Å². The van der Waals surface area contributed by atoms with Gasteiger partial charge in [0, 0.05) is 0 Å². The molecule has 0 unspecified atom stereocenters. The molecule has 0 aromatic heterocycles. The van der Waals surface area contributed by atoms with Gasteiger partial charge in [-0.3, -0.25) is 0 Å².